The number of nitrogens with zero attached hydrogens (tertiary/aromatic N) is 3. The molecule has 2 aromatic rings. The fourth-order valence-electron chi connectivity index (χ4n) is 1.66. The maximum absolute atomic E-state index is 13.4. The second kappa shape index (κ2) is 4.58. The number of rotatable bonds is 3. The summed E-state index contributed by atoms with van der Waals surface area (Å²) in [6, 6.07) is 3.04. The number of nitrogens with two attached hydrogens (primary N) is 1. The van der Waals surface area contributed by atoms with E-state index in [1.807, 2.05) is 0 Å². The lowest BCUT2D eigenvalue weighted by Crippen LogP contribution is -2.17. The molecular formula is C11H12F2N4. The quantitative estimate of drug-likeness (QED) is 0.877. The minimum atomic E-state index is -0.595. The van der Waals surface area contributed by atoms with Crippen LogP contribution in [0.15, 0.2) is 24.4 Å². The second-order valence-electron chi connectivity index (χ2n) is 3.83. The summed E-state index contributed by atoms with van der Waals surface area (Å²) in [5.74, 6) is -1.18. The molecule has 0 saturated carbocycles. The third-order valence-corrected chi connectivity index (χ3v) is 2.58. The molecule has 0 bridgehead atoms. The molecule has 4 nitrogen and oxygen atoms in total. The van der Waals surface area contributed by atoms with E-state index in [9.17, 15) is 8.78 Å². The lowest BCUT2D eigenvalue weighted by molar-refractivity contribution is 0.552. The van der Waals surface area contributed by atoms with Crippen LogP contribution >= 0.6 is 0 Å². The van der Waals surface area contributed by atoms with Crippen molar-refractivity contribution in [1.82, 2.24) is 15.0 Å². The average Bonchev–Trinajstić information content (AvgIpc) is 2.68. The summed E-state index contributed by atoms with van der Waals surface area (Å²) in [7, 11) is 1.71. The first-order chi connectivity index (χ1) is 8.08. The van der Waals surface area contributed by atoms with Crippen molar-refractivity contribution in [2.24, 2.45) is 12.8 Å². The lowest BCUT2D eigenvalue weighted by Gasteiger charge is -2.11. The van der Waals surface area contributed by atoms with Gasteiger partial charge in [0.05, 0.1) is 17.9 Å². The molecule has 0 fully saturated rings. The highest BCUT2D eigenvalue weighted by atomic mass is 19.1. The van der Waals surface area contributed by atoms with Crippen molar-refractivity contribution in [2.75, 3.05) is 0 Å². The Kier molecular flexibility index (Phi) is 3.14. The average molecular weight is 238 g/mol. The molecular weight excluding hydrogens is 226 g/mol. The number of halogens is 2. The van der Waals surface area contributed by atoms with Crippen LogP contribution < -0.4 is 5.73 Å². The van der Waals surface area contributed by atoms with Crippen LogP contribution in [0, 0.1) is 11.6 Å². The highest BCUT2D eigenvalue weighted by Gasteiger charge is 2.14. The second-order valence-corrected chi connectivity index (χ2v) is 3.83. The van der Waals surface area contributed by atoms with E-state index in [2.05, 4.69) is 10.3 Å². The Balaban J connectivity index is 2.19. The zero-order valence-electron chi connectivity index (χ0n) is 9.27. The van der Waals surface area contributed by atoms with Crippen LogP contribution in [-0.4, -0.2) is 15.0 Å². The Morgan fingerprint density at radius 2 is 2.18 bits per heavy atom. The van der Waals surface area contributed by atoms with Crippen LogP contribution in [-0.2, 0) is 13.5 Å². The number of benzene rings is 1. The van der Waals surface area contributed by atoms with Crippen molar-refractivity contribution in [1.29, 1.82) is 0 Å². The van der Waals surface area contributed by atoms with Crippen molar-refractivity contribution >= 4 is 0 Å². The maximum Gasteiger partial charge on any atom is 0.129 e. The first-order valence-electron chi connectivity index (χ1n) is 5.12. The zero-order chi connectivity index (χ0) is 12.4. The highest BCUT2D eigenvalue weighted by Crippen LogP contribution is 2.17. The molecule has 1 heterocycles. The van der Waals surface area contributed by atoms with Gasteiger partial charge in [-0.05, 0) is 18.1 Å². The van der Waals surface area contributed by atoms with Gasteiger partial charge in [-0.25, -0.2) is 8.78 Å². The minimum Gasteiger partial charge on any atom is -0.322 e. The van der Waals surface area contributed by atoms with Gasteiger partial charge in [-0.3, -0.25) is 4.68 Å². The van der Waals surface area contributed by atoms with Crippen molar-refractivity contribution in [2.45, 2.75) is 12.5 Å². The van der Waals surface area contributed by atoms with E-state index in [0.29, 0.717) is 11.3 Å². The molecule has 17 heavy (non-hydrogen) atoms. The summed E-state index contributed by atoms with van der Waals surface area (Å²) < 4.78 is 27.7. The van der Waals surface area contributed by atoms with Gasteiger partial charge in [0, 0.05) is 13.1 Å². The highest BCUT2D eigenvalue weighted by molar-refractivity contribution is 5.21. The van der Waals surface area contributed by atoms with E-state index in [0.717, 1.165) is 6.07 Å². The summed E-state index contributed by atoms with van der Waals surface area (Å²) in [4.78, 5) is 0. The number of hydrogen-bond acceptors (Lipinski definition) is 3. The zero-order valence-corrected chi connectivity index (χ0v) is 9.27. The van der Waals surface area contributed by atoms with Gasteiger partial charge in [0.1, 0.15) is 11.6 Å². The molecule has 2 rings (SSSR count). The van der Waals surface area contributed by atoms with E-state index < -0.39 is 17.7 Å². The van der Waals surface area contributed by atoms with Crippen molar-refractivity contribution < 1.29 is 8.78 Å². The monoisotopic (exact) mass is 238 g/mol. The van der Waals surface area contributed by atoms with Gasteiger partial charge in [-0.1, -0.05) is 11.3 Å². The predicted molar refractivity (Wildman–Crippen MR) is 58.0 cm³/mol. The molecule has 1 atom stereocenters. The third kappa shape index (κ3) is 2.47. The fraction of sp³-hybridized carbons (Fsp3) is 0.273. The van der Waals surface area contributed by atoms with E-state index >= 15 is 0 Å². The Bertz CT molecular complexity index is 524. The topological polar surface area (TPSA) is 56.7 Å². The van der Waals surface area contributed by atoms with Crippen LogP contribution in [0.3, 0.4) is 0 Å². The van der Waals surface area contributed by atoms with Gasteiger partial charge in [-0.2, -0.15) is 0 Å². The van der Waals surface area contributed by atoms with Crippen molar-refractivity contribution in [3.63, 3.8) is 0 Å². The Hall–Kier alpha value is -1.82. The Morgan fingerprint density at radius 1 is 1.41 bits per heavy atom. The smallest absolute Gasteiger partial charge is 0.129 e. The van der Waals surface area contributed by atoms with E-state index in [-0.39, 0.29) is 6.42 Å². The third-order valence-electron chi connectivity index (χ3n) is 2.58. The summed E-state index contributed by atoms with van der Waals surface area (Å²) in [6.07, 6.45) is 1.80. The number of hydrogen-bond donors (Lipinski definition) is 1. The summed E-state index contributed by atoms with van der Waals surface area (Å²) in [5.41, 5.74) is 7.00. The molecule has 0 aliphatic heterocycles. The molecule has 0 aliphatic rings. The Morgan fingerprint density at radius 3 is 2.76 bits per heavy atom. The first kappa shape index (κ1) is 11.7. The summed E-state index contributed by atoms with van der Waals surface area (Å²) in [5, 5.41) is 7.45. The first-order valence-corrected chi connectivity index (χ1v) is 5.12. The predicted octanol–water partition coefficient (Wildman–Crippen LogP) is 1.34. The molecule has 0 amide bonds. The number of aromatic nitrogens is 3. The summed E-state index contributed by atoms with van der Waals surface area (Å²) in [6.45, 7) is 0. The van der Waals surface area contributed by atoms with Gasteiger partial charge in [0.15, 0.2) is 0 Å². The fourth-order valence-corrected chi connectivity index (χ4v) is 1.66. The van der Waals surface area contributed by atoms with E-state index in [1.54, 1.807) is 7.05 Å². The van der Waals surface area contributed by atoms with Crippen molar-refractivity contribution in [3.05, 3.63) is 47.3 Å². The summed E-state index contributed by atoms with van der Waals surface area (Å²) >= 11 is 0. The van der Waals surface area contributed by atoms with Crippen LogP contribution in [0.25, 0.3) is 0 Å². The van der Waals surface area contributed by atoms with E-state index in [1.165, 1.54) is 23.0 Å². The largest absolute Gasteiger partial charge is 0.322 e. The molecule has 0 aliphatic carbocycles. The Labute approximate surface area is 97.0 Å². The van der Waals surface area contributed by atoms with Crippen LogP contribution in [0.2, 0.25) is 0 Å². The molecule has 6 heteroatoms. The molecule has 1 aromatic heterocycles. The molecule has 0 saturated heterocycles. The molecule has 0 spiro atoms. The normalized spacial score (nSPS) is 12.7. The molecule has 1 unspecified atom stereocenters. The standard InChI is InChI=1S/C11H12F2N4/c1-17-11(6-15-16-17)10(14)4-7-2-3-8(12)5-9(7)13/h2-3,5-6,10H,4,14H2,1H3. The van der Waals surface area contributed by atoms with Gasteiger partial charge in [0.25, 0.3) is 0 Å². The maximum atomic E-state index is 13.4. The van der Waals surface area contributed by atoms with Crippen LogP contribution in [0.5, 0.6) is 0 Å². The molecule has 1 aromatic carbocycles. The van der Waals surface area contributed by atoms with Gasteiger partial charge < -0.3 is 5.73 Å². The number of aryl methyl sites for hydroxylation is 1. The molecule has 0 radical (unpaired) electrons. The van der Waals surface area contributed by atoms with Gasteiger partial charge >= 0.3 is 0 Å². The van der Waals surface area contributed by atoms with Crippen molar-refractivity contribution in [3.8, 4) is 0 Å². The minimum absolute atomic E-state index is 0.271. The lowest BCUT2D eigenvalue weighted by atomic mass is 10.0. The van der Waals surface area contributed by atoms with E-state index in [4.69, 9.17) is 5.73 Å². The molecule has 90 valence electrons. The van der Waals surface area contributed by atoms with Gasteiger partial charge in [-0.15, -0.1) is 5.10 Å². The van der Waals surface area contributed by atoms with Crippen LogP contribution in [0.4, 0.5) is 8.78 Å². The molecule has 2 N–H and O–H groups in total. The van der Waals surface area contributed by atoms with Gasteiger partial charge in [0.2, 0.25) is 0 Å². The van der Waals surface area contributed by atoms with Crippen LogP contribution in [0.1, 0.15) is 17.3 Å². The SMILES string of the molecule is Cn1nncc1C(N)Cc1ccc(F)cc1F.